The molecule has 3 rings (SSSR count). The summed E-state index contributed by atoms with van der Waals surface area (Å²) in [5.74, 6) is -1.67. The van der Waals surface area contributed by atoms with Crippen LogP contribution in [0, 0.1) is 12.3 Å². The van der Waals surface area contributed by atoms with E-state index in [-0.39, 0.29) is 18.4 Å². The first-order valence-corrected chi connectivity index (χ1v) is 9.60. The van der Waals surface area contributed by atoms with Gasteiger partial charge < -0.3 is 19.5 Å². The highest BCUT2D eigenvalue weighted by atomic mass is 16.5. The summed E-state index contributed by atoms with van der Waals surface area (Å²) in [6.45, 7) is 8.13. The van der Waals surface area contributed by atoms with Crippen LogP contribution in [0.4, 0.5) is 0 Å². The fourth-order valence-corrected chi connectivity index (χ4v) is 4.02. The van der Waals surface area contributed by atoms with Crippen LogP contribution < -0.4 is 5.11 Å². The molecule has 152 valence electrons. The molecule has 2 amide bonds. The number of carboxylic acid groups (broad SMARTS) is 1. The van der Waals surface area contributed by atoms with Crippen LogP contribution in [0.2, 0.25) is 0 Å². The van der Waals surface area contributed by atoms with Gasteiger partial charge in [0.05, 0.1) is 18.6 Å². The second kappa shape index (κ2) is 7.20. The van der Waals surface area contributed by atoms with Gasteiger partial charge in [-0.2, -0.15) is 0 Å². The molecule has 0 N–H and O–H groups in total. The lowest BCUT2D eigenvalue weighted by Gasteiger charge is -2.46. The molecule has 28 heavy (non-hydrogen) atoms. The molecular formula is C21H27N2O5-. The molecule has 0 saturated carbocycles. The molecule has 1 aromatic rings. The van der Waals surface area contributed by atoms with Gasteiger partial charge in [-0.3, -0.25) is 14.5 Å². The van der Waals surface area contributed by atoms with Crippen molar-refractivity contribution < 1.29 is 24.2 Å². The molecule has 0 aromatic heterocycles. The van der Waals surface area contributed by atoms with Crippen molar-refractivity contribution in [1.82, 2.24) is 9.80 Å². The van der Waals surface area contributed by atoms with Gasteiger partial charge in [0, 0.05) is 36.9 Å². The van der Waals surface area contributed by atoms with Crippen molar-refractivity contribution >= 4 is 17.8 Å². The summed E-state index contributed by atoms with van der Waals surface area (Å²) >= 11 is 0. The van der Waals surface area contributed by atoms with E-state index in [1.165, 1.54) is 4.90 Å². The number of carboxylic acids is 1. The van der Waals surface area contributed by atoms with E-state index in [1.54, 1.807) is 17.0 Å². The second-order valence-electron chi connectivity index (χ2n) is 8.62. The van der Waals surface area contributed by atoms with E-state index in [2.05, 4.69) is 0 Å². The number of benzene rings is 1. The first-order chi connectivity index (χ1) is 13.1. The zero-order valence-electron chi connectivity index (χ0n) is 16.9. The van der Waals surface area contributed by atoms with Crippen LogP contribution >= 0.6 is 0 Å². The van der Waals surface area contributed by atoms with Gasteiger partial charge in [0.25, 0.3) is 5.91 Å². The number of carbonyl (C=O) groups excluding carboxylic acids is 3. The molecule has 2 fully saturated rings. The third-order valence-corrected chi connectivity index (χ3v) is 5.60. The predicted octanol–water partition coefficient (Wildman–Crippen LogP) is 0.951. The average molecular weight is 387 g/mol. The van der Waals surface area contributed by atoms with Gasteiger partial charge in [0.1, 0.15) is 5.72 Å². The molecule has 0 radical (unpaired) electrons. The fourth-order valence-electron chi connectivity index (χ4n) is 4.02. The minimum Gasteiger partial charge on any atom is -0.548 e. The van der Waals surface area contributed by atoms with Crippen LogP contribution in [0.5, 0.6) is 0 Å². The Morgan fingerprint density at radius 3 is 2.29 bits per heavy atom. The zero-order chi connectivity index (χ0) is 20.7. The summed E-state index contributed by atoms with van der Waals surface area (Å²) in [6, 6.07) is 5.94. The van der Waals surface area contributed by atoms with E-state index in [9.17, 15) is 19.5 Å². The van der Waals surface area contributed by atoms with Crippen LogP contribution in [-0.4, -0.2) is 59.0 Å². The van der Waals surface area contributed by atoms with E-state index in [0.717, 1.165) is 5.56 Å². The Labute approximate surface area is 165 Å². The number of rotatable bonds is 2. The van der Waals surface area contributed by atoms with Crippen molar-refractivity contribution in [2.75, 3.05) is 19.7 Å². The van der Waals surface area contributed by atoms with Crippen molar-refractivity contribution in [1.29, 1.82) is 0 Å². The molecule has 2 aliphatic heterocycles. The number of hydrogen-bond donors (Lipinski definition) is 0. The number of hydrogen-bond acceptors (Lipinski definition) is 5. The maximum Gasteiger partial charge on any atom is 0.257 e. The summed E-state index contributed by atoms with van der Waals surface area (Å²) < 4.78 is 5.91. The lowest BCUT2D eigenvalue weighted by molar-refractivity contribution is -0.310. The highest BCUT2D eigenvalue weighted by Crippen LogP contribution is 2.39. The van der Waals surface area contributed by atoms with Crippen molar-refractivity contribution in [3.05, 3.63) is 35.4 Å². The van der Waals surface area contributed by atoms with Crippen LogP contribution in [0.15, 0.2) is 24.3 Å². The number of ether oxygens (including phenoxy) is 1. The van der Waals surface area contributed by atoms with Gasteiger partial charge in [-0.05, 0) is 18.6 Å². The maximum absolute atomic E-state index is 13.3. The summed E-state index contributed by atoms with van der Waals surface area (Å²) in [5, 5.41) is 11.7. The number of aliphatic carboxylic acids is 1. The Balaban J connectivity index is 1.88. The van der Waals surface area contributed by atoms with Crippen LogP contribution in [0.3, 0.4) is 0 Å². The number of amides is 2. The molecule has 1 aromatic carbocycles. The fraction of sp³-hybridized carbons (Fsp3) is 0.571. The van der Waals surface area contributed by atoms with Gasteiger partial charge in [-0.15, -0.1) is 0 Å². The molecule has 7 nitrogen and oxygen atoms in total. The molecule has 0 bridgehead atoms. The monoisotopic (exact) mass is 387 g/mol. The predicted molar refractivity (Wildman–Crippen MR) is 100 cm³/mol. The summed E-state index contributed by atoms with van der Waals surface area (Å²) in [4.78, 5) is 40.7. The molecule has 1 spiro atoms. The topological polar surface area (TPSA) is 90.0 Å². The number of piperidine rings is 1. The van der Waals surface area contributed by atoms with Crippen molar-refractivity contribution in [3.8, 4) is 0 Å². The van der Waals surface area contributed by atoms with E-state index >= 15 is 0 Å². The molecular weight excluding hydrogens is 360 g/mol. The Morgan fingerprint density at radius 2 is 1.75 bits per heavy atom. The Hall–Kier alpha value is -2.41. The SMILES string of the molecule is Cc1ccccc1C(=O)N1[C@@H](C(=O)[O-])COC12CCN(C(=O)C(C)(C)C)CC2. The molecule has 2 aliphatic rings. The number of likely N-dealkylation sites (tertiary alicyclic amines) is 1. The number of carbonyl (C=O) groups is 3. The Morgan fingerprint density at radius 1 is 1.14 bits per heavy atom. The van der Waals surface area contributed by atoms with Gasteiger partial charge >= 0.3 is 0 Å². The van der Waals surface area contributed by atoms with Crippen molar-refractivity contribution in [2.24, 2.45) is 5.41 Å². The summed E-state index contributed by atoms with van der Waals surface area (Å²) in [5.41, 5.74) is -0.303. The lowest BCUT2D eigenvalue weighted by atomic mass is 9.91. The normalized spacial score (nSPS) is 21.8. The van der Waals surface area contributed by atoms with E-state index < -0.39 is 23.2 Å². The Kier molecular flexibility index (Phi) is 5.23. The van der Waals surface area contributed by atoms with Gasteiger partial charge in [0.15, 0.2) is 0 Å². The second-order valence-corrected chi connectivity index (χ2v) is 8.62. The van der Waals surface area contributed by atoms with Gasteiger partial charge in [0.2, 0.25) is 5.91 Å². The highest BCUT2D eigenvalue weighted by molar-refractivity contribution is 5.98. The van der Waals surface area contributed by atoms with Crippen LogP contribution in [-0.2, 0) is 14.3 Å². The van der Waals surface area contributed by atoms with Crippen LogP contribution in [0.25, 0.3) is 0 Å². The van der Waals surface area contributed by atoms with E-state index in [4.69, 9.17) is 4.74 Å². The number of nitrogens with zero attached hydrogens (tertiary/aromatic N) is 2. The van der Waals surface area contributed by atoms with E-state index in [1.807, 2.05) is 39.8 Å². The van der Waals surface area contributed by atoms with Gasteiger partial charge in [-0.25, -0.2) is 0 Å². The molecule has 0 unspecified atom stereocenters. The minimum absolute atomic E-state index is 0.0357. The summed E-state index contributed by atoms with van der Waals surface area (Å²) in [7, 11) is 0. The third-order valence-electron chi connectivity index (χ3n) is 5.60. The molecule has 2 heterocycles. The zero-order valence-corrected chi connectivity index (χ0v) is 16.9. The molecule has 0 aliphatic carbocycles. The summed E-state index contributed by atoms with van der Waals surface area (Å²) in [6.07, 6.45) is 0.743. The van der Waals surface area contributed by atoms with Crippen molar-refractivity contribution in [2.45, 2.75) is 52.3 Å². The molecule has 7 heteroatoms. The molecule has 2 saturated heterocycles. The smallest absolute Gasteiger partial charge is 0.257 e. The highest BCUT2D eigenvalue weighted by Gasteiger charge is 2.53. The first-order valence-electron chi connectivity index (χ1n) is 9.60. The van der Waals surface area contributed by atoms with Gasteiger partial charge in [-0.1, -0.05) is 39.0 Å². The molecule has 1 atom stereocenters. The standard InChI is InChI=1S/C21H28N2O5/c1-14-7-5-6-8-15(14)17(24)23-16(18(25)26)13-28-21(23)9-11-22(12-10-21)19(27)20(2,3)4/h5-8,16H,9-13H2,1-4H3,(H,25,26)/p-1/t16-/m1/s1. The third kappa shape index (κ3) is 3.51. The minimum atomic E-state index is -1.33. The average Bonchev–Trinajstić information content (AvgIpc) is 3.00. The van der Waals surface area contributed by atoms with Crippen molar-refractivity contribution in [3.63, 3.8) is 0 Å². The quantitative estimate of drug-likeness (QED) is 0.754. The number of aryl methyl sites for hydroxylation is 1. The first kappa shape index (κ1) is 20.3. The van der Waals surface area contributed by atoms with E-state index in [0.29, 0.717) is 31.5 Å². The lowest BCUT2D eigenvalue weighted by Crippen LogP contribution is -2.60. The van der Waals surface area contributed by atoms with Crippen LogP contribution in [0.1, 0.15) is 49.5 Å². The Bertz CT molecular complexity index is 790. The largest absolute Gasteiger partial charge is 0.548 e. The maximum atomic E-state index is 13.3.